The van der Waals surface area contributed by atoms with Gasteiger partial charge in [-0.25, -0.2) is 0 Å². The molecule has 0 aliphatic heterocycles. The third-order valence-corrected chi connectivity index (χ3v) is 11.5. The zero-order valence-corrected chi connectivity index (χ0v) is 30.9. The number of benzene rings is 1. The van der Waals surface area contributed by atoms with Gasteiger partial charge in [-0.2, -0.15) is 0 Å². The number of rotatable bonds is 14. The summed E-state index contributed by atoms with van der Waals surface area (Å²) >= 11 is 0. The second-order valence-corrected chi connectivity index (χ2v) is 15.1. The van der Waals surface area contributed by atoms with E-state index in [-0.39, 0.29) is 0 Å². The van der Waals surface area contributed by atoms with E-state index in [4.69, 9.17) is 6.58 Å². The maximum absolute atomic E-state index is 4.78. The Kier molecular flexibility index (Phi) is 15.9. The molecule has 1 nitrogen and oxygen atoms in total. The van der Waals surface area contributed by atoms with Crippen molar-refractivity contribution < 1.29 is 0 Å². The highest BCUT2D eigenvalue weighted by Gasteiger charge is 2.32. The number of allylic oxidation sites excluding steroid dienone is 9. The van der Waals surface area contributed by atoms with Gasteiger partial charge in [0.25, 0.3) is 0 Å². The van der Waals surface area contributed by atoms with Crippen LogP contribution in [0.3, 0.4) is 0 Å². The molecule has 2 atom stereocenters. The molecular formula is C46H67N. The van der Waals surface area contributed by atoms with Crippen LogP contribution in [-0.4, -0.2) is 12.6 Å². The Labute approximate surface area is 290 Å². The van der Waals surface area contributed by atoms with Crippen molar-refractivity contribution in [3.8, 4) is 0 Å². The van der Waals surface area contributed by atoms with Gasteiger partial charge in [-0.05, 0) is 121 Å². The molecule has 0 saturated heterocycles. The molecule has 4 aliphatic carbocycles. The van der Waals surface area contributed by atoms with Crippen LogP contribution < -0.4 is 5.32 Å². The molecule has 5 rings (SSSR count). The van der Waals surface area contributed by atoms with E-state index in [1.54, 1.807) is 5.57 Å². The maximum Gasteiger partial charge on any atom is 0.00323 e. The summed E-state index contributed by atoms with van der Waals surface area (Å²) in [7, 11) is 0. The minimum Gasteiger partial charge on any atom is -0.314 e. The molecule has 0 bridgehead atoms. The van der Waals surface area contributed by atoms with E-state index in [0.717, 1.165) is 31.7 Å². The molecule has 4 aliphatic rings. The van der Waals surface area contributed by atoms with Gasteiger partial charge in [-0.3, -0.25) is 0 Å². The lowest BCUT2D eigenvalue weighted by molar-refractivity contribution is 0.393. The molecular weight excluding hydrogens is 567 g/mol. The molecule has 0 aromatic heterocycles. The molecule has 1 aromatic carbocycles. The van der Waals surface area contributed by atoms with Gasteiger partial charge in [-0.15, -0.1) is 0 Å². The SMILES string of the molecule is C=C(C1=CC(CCC2=CC=C=C=C2)=C(C)C(C(CNC(C)C)c2ccc(CCCC3CCCCCC3)cc2)C1)C1CCCCC1.CC. The lowest BCUT2D eigenvalue weighted by atomic mass is 9.69. The number of aryl methyl sites for hydroxylation is 1. The fraction of sp³-hybridized carbons (Fsp3) is 0.609. The average molecular weight is 634 g/mol. The first kappa shape index (κ1) is 37.3. The lowest BCUT2D eigenvalue weighted by Gasteiger charge is -2.36. The Hall–Kier alpha value is -2.56. The lowest BCUT2D eigenvalue weighted by Crippen LogP contribution is -2.33. The van der Waals surface area contributed by atoms with Gasteiger partial charge in [0.1, 0.15) is 0 Å². The zero-order valence-electron chi connectivity index (χ0n) is 30.9. The van der Waals surface area contributed by atoms with Gasteiger partial charge in [0.05, 0.1) is 0 Å². The first-order chi connectivity index (χ1) is 23.0. The number of hydrogen-bond acceptors (Lipinski definition) is 1. The van der Waals surface area contributed by atoms with Crippen LogP contribution in [0.25, 0.3) is 0 Å². The molecule has 47 heavy (non-hydrogen) atoms. The summed E-state index contributed by atoms with van der Waals surface area (Å²) in [6.07, 6.45) is 31.6. The maximum atomic E-state index is 4.78. The quantitative estimate of drug-likeness (QED) is 0.159. The Morgan fingerprint density at radius 1 is 0.872 bits per heavy atom. The minimum absolute atomic E-state index is 0.449. The summed E-state index contributed by atoms with van der Waals surface area (Å²) in [6.45, 7) is 16.8. The van der Waals surface area contributed by atoms with E-state index in [9.17, 15) is 0 Å². The van der Waals surface area contributed by atoms with Crippen LogP contribution in [-0.2, 0) is 6.42 Å². The highest BCUT2D eigenvalue weighted by Crippen LogP contribution is 2.45. The van der Waals surface area contributed by atoms with Gasteiger partial charge in [0.15, 0.2) is 0 Å². The van der Waals surface area contributed by atoms with Crippen LogP contribution in [0.2, 0.25) is 0 Å². The zero-order chi connectivity index (χ0) is 33.4. The van der Waals surface area contributed by atoms with Crippen molar-refractivity contribution >= 4 is 0 Å². The van der Waals surface area contributed by atoms with Gasteiger partial charge in [0.2, 0.25) is 0 Å². The van der Waals surface area contributed by atoms with E-state index in [1.807, 2.05) is 19.9 Å². The summed E-state index contributed by atoms with van der Waals surface area (Å²) in [5.74, 6) is 2.57. The highest BCUT2D eigenvalue weighted by atomic mass is 14.9. The summed E-state index contributed by atoms with van der Waals surface area (Å²) in [5.41, 5.74) is 16.7. The van der Waals surface area contributed by atoms with Crippen molar-refractivity contribution in [2.24, 2.45) is 17.8 Å². The van der Waals surface area contributed by atoms with Crippen LogP contribution in [0.15, 0.2) is 94.5 Å². The largest absolute Gasteiger partial charge is 0.314 e. The second kappa shape index (κ2) is 20.1. The van der Waals surface area contributed by atoms with Crippen LogP contribution in [0.1, 0.15) is 154 Å². The molecule has 256 valence electrons. The fourth-order valence-corrected chi connectivity index (χ4v) is 8.51. The molecule has 2 unspecified atom stereocenters. The molecule has 2 saturated carbocycles. The van der Waals surface area contributed by atoms with E-state index in [2.05, 4.69) is 80.0 Å². The van der Waals surface area contributed by atoms with Crippen LogP contribution in [0, 0.1) is 17.8 Å². The standard InChI is InChI=1S/C44H61N.C2H6/c1-33(2)45-32-44(40-27-24-38(25-28-40)21-15-20-36-16-9-5-6-10-17-36)43-31-42(34(3)39-22-13-8-14-23-39)30-41(35(43)4)29-26-37-18-11-7-12-19-37;1-2/h11,18-19,24-25,27-28,30,33,36,39,43-45H,3,5-6,8-10,13-17,20-23,26,29,31-32H2,1-2,4H3;1-2H3. The predicted molar refractivity (Wildman–Crippen MR) is 206 cm³/mol. The summed E-state index contributed by atoms with van der Waals surface area (Å²) < 4.78 is 0. The Morgan fingerprint density at radius 2 is 1.55 bits per heavy atom. The third kappa shape index (κ3) is 11.5. The minimum atomic E-state index is 0.449. The van der Waals surface area contributed by atoms with Crippen molar-refractivity contribution in [3.05, 3.63) is 106 Å². The Morgan fingerprint density at radius 3 is 2.21 bits per heavy atom. The summed E-state index contributed by atoms with van der Waals surface area (Å²) in [5, 5.41) is 3.86. The van der Waals surface area contributed by atoms with Crippen molar-refractivity contribution in [3.63, 3.8) is 0 Å². The molecule has 1 heteroatoms. The van der Waals surface area contributed by atoms with Gasteiger partial charge >= 0.3 is 0 Å². The summed E-state index contributed by atoms with van der Waals surface area (Å²) in [6, 6.07) is 10.3. The fourth-order valence-electron chi connectivity index (χ4n) is 8.51. The predicted octanol–water partition coefficient (Wildman–Crippen LogP) is 13.1. The first-order valence-corrected chi connectivity index (χ1v) is 19.8. The van der Waals surface area contributed by atoms with Gasteiger partial charge < -0.3 is 5.32 Å². The van der Waals surface area contributed by atoms with E-state index < -0.39 is 0 Å². The molecule has 0 radical (unpaired) electrons. The van der Waals surface area contributed by atoms with Gasteiger partial charge in [0, 0.05) is 18.5 Å². The van der Waals surface area contributed by atoms with Crippen LogP contribution >= 0.6 is 0 Å². The average Bonchev–Trinajstić information content (AvgIpc) is 3.39. The van der Waals surface area contributed by atoms with E-state index in [0.29, 0.717) is 23.8 Å². The highest BCUT2D eigenvalue weighted by molar-refractivity contribution is 5.46. The molecule has 1 aromatic rings. The topological polar surface area (TPSA) is 12.0 Å². The van der Waals surface area contributed by atoms with Crippen LogP contribution in [0.4, 0.5) is 0 Å². The second-order valence-electron chi connectivity index (χ2n) is 15.1. The van der Waals surface area contributed by atoms with Crippen molar-refractivity contribution in [1.82, 2.24) is 5.32 Å². The smallest absolute Gasteiger partial charge is 0.00323 e. The normalized spacial score (nSPS) is 21.2. The number of hydrogen-bond donors (Lipinski definition) is 1. The Balaban J connectivity index is 0.00000245. The molecule has 0 amide bonds. The van der Waals surface area contributed by atoms with E-state index >= 15 is 0 Å². The summed E-state index contributed by atoms with van der Waals surface area (Å²) in [4.78, 5) is 0. The van der Waals surface area contributed by atoms with Gasteiger partial charge in [-0.1, -0.05) is 146 Å². The first-order valence-electron chi connectivity index (χ1n) is 19.8. The van der Waals surface area contributed by atoms with Crippen LogP contribution in [0.5, 0.6) is 0 Å². The molecule has 0 heterocycles. The van der Waals surface area contributed by atoms with Crippen molar-refractivity contribution in [1.29, 1.82) is 0 Å². The van der Waals surface area contributed by atoms with Crippen molar-refractivity contribution in [2.75, 3.05) is 6.54 Å². The van der Waals surface area contributed by atoms with E-state index in [1.165, 1.54) is 123 Å². The molecule has 0 spiro atoms. The Bertz CT molecular complexity index is 1300. The number of nitrogens with one attached hydrogen (secondary N) is 1. The molecule has 2 fully saturated rings. The monoisotopic (exact) mass is 634 g/mol. The van der Waals surface area contributed by atoms with Crippen molar-refractivity contribution in [2.45, 2.75) is 156 Å². The third-order valence-electron chi connectivity index (χ3n) is 11.5. The molecule has 1 N–H and O–H groups in total.